The van der Waals surface area contributed by atoms with Crippen LogP contribution >= 0.6 is 15.9 Å². The molecule has 0 saturated carbocycles. The van der Waals surface area contributed by atoms with Crippen molar-refractivity contribution in [3.63, 3.8) is 0 Å². The van der Waals surface area contributed by atoms with Gasteiger partial charge in [0.2, 0.25) is 5.91 Å². The monoisotopic (exact) mass is 337 g/mol. The van der Waals surface area contributed by atoms with Crippen molar-refractivity contribution >= 4 is 33.9 Å². The zero-order valence-electron chi connectivity index (χ0n) is 11.1. The Hall–Kier alpha value is -1.62. The molecule has 0 bridgehead atoms. The second kappa shape index (κ2) is 6.22. The first kappa shape index (κ1) is 14.8. The van der Waals surface area contributed by atoms with Gasteiger partial charge in [-0.2, -0.15) is 0 Å². The van der Waals surface area contributed by atoms with Crippen LogP contribution in [-0.4, -0.2) is 35.0 Å². The fraction of sp³-hybridized carbons (Fsp3) is 0.333. The highest BCUT2D eigenvalue weighted by Gasteiger charge is 2.36. The average Bonchev–Trinajstić information content (AvgIpc) is 2.80. The van der Waals surface area contributed by atoms with Crippen LogP contribution in [0.1, 0.15) is 12.5 Å². The lowest BCUT2D eigenvalue weighted by atomic mass is 9.99. The molecule has 0 aromatic heterocycles. The molecule has 1 heterocycles. The molecule has 1 saturated heterocycles. The topological polar surface area (TPSA) is 57.6 Å². The molecule has 20 heavy (non-hydrogen) atoms. The van der Waals surface area contributed by atoms with Gasteiger partial charge in [0.05, 0.1) is 5.92 Å². The number of carbonyl (C=O) groups is 2. The van der Waals surface area contributed by atoms with E-state index in [1.165, 1.54) is 6.08 Å². The van der Waals surface area contributed by atoms with Crippen LogP contribution in [0, 0.1) is 11.8 Å². The molecule has 1 aliphatic heterocycles. The van der Waals surface area contributed by atoms with Crippen molar-refractivity contribution in [3.8, 4) is 0 Å². The molecule has 4 nitrogen and oxygen atoms in total. The Kier molecular flexibility index (Phi) is 4.60. The minimum absolute atomic E-state index is 0.00619. The molecule has 2 atom stereocenters. The molecule has 2 rings (SSSR count). The van der Waals surface area contributed by atoms with E-state index in [0.29, 0.717) is 6.54 Å². The molecule has 1 aliphatic rings. The molecule has 2 unspecified atom stereocenters. The Bertz CT molecular complexity index is 556. The van der Waals surface area contributed by atoms with Gasteiger partial charge < -0.3 is 10.0 Å². The standard InChI is InChI=1S/C15H16BrNO3/c1-10-8-17(9-12(10)15(19)20)14(18)7-6-11-4-2-3-5-13(11)16/h2-7,10,12H,8-9H2,1H3,(H,19,20). The molecule has 1 amide bonds. The van der Waals surface area contributed by atoms with Gasteiger partial charge in [-0.3, -0.25) is 9.59 Å². The Balaban J connectivity index is 2.03. The van der Waals surface area contributed by atoms with Gasteiger partial charge in [0.15, 0.2) is 0 Å². The number of halogens is 1. The predicted molar refractivity (Wildman–Crippen MR) is 80.0 cm³/mol. The minimum atomic E-state index is -0.831. The highest BCUT2D eigenvalue weighted by Crippen LogP contribution is 2.24. The Morgan fingerprint density at radius 1 is 1.35 bits per heavy atom. The van der Waals surface area contributed by atoms with Crippen LogP contribution in [0.15, 0.2) is 34.8 Å². The van der Waals surface area contributed by atoms with Crippen LogP contribution in [0.3, 0.4) is 0 Å². The summed E-state index contributed by atoms with van der Waals surface area (Å²) >= 11 is 3.41. The van der Waals surface area contributed by atoms with Gasteiger partial charge in [-0.1, -0.05) is 41.1 Å². The first-order valence-corrected chi connectivity index (χ1v) is 7.22. The normalized spacial score (nSPS) is 22.4. The zero-order valence-corrected chi connectivity index (χ0v) is 12.7. The van der Waals surface area contributed by atoms with Gasteiger partial charge >= 0.3 is 5.97 Å². The number of likely N-dealkylation sites (tertiary alicyclic amines) is 1. The maximum atomic E-state index is 12.1. The second-order valence-corrected chi connectivity index (χ2v) is 5.87. The van der Waals surface area contributed by atoms with Gasteiger partial charge in [-0.05, 0) is 23.6 Å². The first-order chi connectivity index (χ1) is 9.49. The van der Waals surface area contributed by atoms with E-state index in [0.717, 1.165) is 10.0 Å². The smallest absolute Gasteiger partial charge is 0.308 e. The summed E-state index contributed by atoms with van der Waals surface area (Å²) < 4.78 is 0.919. The van der Waals surface area contributed by atoms with Gasteiger partial charge in [-0.15, -0.1) is 0 Å². The molecule has 1 N–H and O–H groups in total. The van der Waals surface area contributed by atoms with Gasteiger partial charge in [0.25, 0.3) is 0 Å². The number of nitrogens with zero attached hydrogens (tertiary/aromatic N) is 1. The number of hydrogen-bond donors (Lipinski definition) is 1. The van der Waals surface area contributed by atoms with Crippen LogP contribution in [0.4, 0.5) is 0 Å². The summed E-state index contributed by atoms with van der Waals surface area (Å²) in [4.78, 5) is 24.7. The van der Waals surface area contributed by atoms with E-state index in [1.807, 2.05) is 31.2 Å². The summed E-state index contributed by atoms with van der Waals surface area (Å²) in [5, 5.41) is 9.07. The summed E-state index contributed by atoms with van der Waals surface area (Å²) in [6, 6.07) is 7.61. The van der Waals surface area contributed by atoms with E-state index in [-0.39, 0.29) is 18.4 Å². The Labute approximate surface area is 126 Å². The molecule has 5 heteroatoms. The largest absolute Gasteiger partial charge is 0.481 e. The van der Waals surface area contributed by atoms with Crippen LogP contribution < -0.4 is 0 Å². The van der Waals surface area contributed by atoms with Crippen molar-refractivity contribution in [1.82, 2.24) is 4.90 Å². The van der Waals surface area contributed by atoms with Crippen LogP contribution in [0.2, 0.25) is 0 Å². The fourth-order valence-electron chi connectivity index (χ4n) is 2.34. The minimum Gasteiger partial charge on any atom is -0.481 e. The Morgan fingerprint density at radius 2 is 2.05 bits per heavy atom. The van der Waals surface area contributed by atoms with Crippen LogP contribution in [-0.2, 0) is 9.59 Å². The third-order valence-electron chi connectivity index (χ3n) is 3.55. The number of amides is 1. The lowest BCUT2D eigenvalue weighted by Crippen LogP contribution is -2.28. The molecule has 0 spiro atoms. The summed E-state index contributed by atoms with van der Waals surface area (Å²) in [5.41, 5.74) is 0.919. The summed E-state index contributed by atoms with van der Waals surface area (Å²) in [6.45, 7) is 2.65. The third-order valence-corrected chi connectivity index (χ3v) is 4.27. The van der Waals surface area contributed by atoms with Crippen molar-refractivity contribution < 1.29 is 14.7 Å². The SMILES string of the molecule is CC1CN(C(=O)C=Cc2ccccc2Br)CC1C(=O)O. The number of rotatable bonds is 3. The highest BCUT2D eigenvalue weighted by molar-refractivity contribution is 9.10. The second-order valence-electron chi connectivity index (χ2n) is 5.02. The van der Waals surface area contributed by atoms with Crippen molar-refractivity contribution in [2.45, 2.75) is 6.92 Å². The Morgan fingerprint density at radius 3 is 2.65 bits per heavy atom. The molecular formula is C15H16BrNO3. The van der Waals surface area contributed by atoms with E-state index in [1.54, 1.807) is 11.0 Å². The van der Waals surface area contributed by atoms with E-state index < -0.39 is 11.9 Å². The van der Waals surface area contributed by atoms with Gasteiger partial charge in [0.1, 0.15) is 0 Å². The average molecular weight is 338 g/mol. The van der Waals surface area contributed by atoms with Crippen molar-refractivity contribution in [3.05, 3.63) is 40.4 Å². The van der Waals surface area contributed by atoms with E-state index in [4.69, 9.17) is 5.11 Å². The molecule has 1 aromatic rings. The number of aliphatic carboxylic acids is 1. The molecule has 1 fully saturated rings. The van der Waals surface area contributed by atoms with Gasteiger partial charge in [0, 0.05) is 23.6 Å². The summed E-state index contributed by atoms with van der Waals surface area (Å²) in [6.07, 6.45) is 3.24. The molecule has 1 aromatic carbocycles. The number of benzene rings is 1. The predicted octanol–water partition coefficient (Wildman–Crippen LogP) is 2.64. The van der Waals surface area contributed by atoms with E-state index >= 15 is 0 Å². The van der Waals surface area contributed by atoms with Crippen LogP contribution in [0.25, 0.3) is 6.08 Å². The lowest BCUT2D eigenvalue weighted by Gasteiger charge is -2.13. The highest BCUT2D eigenvalue weighted by atomic mass is 79.9. The molecule has 106 valence electrons. The first-order valence-electron chi connectivity index (χ1n) is 6.43. The summed E-state index contributed by atoms with van der Waals surface area (Å²) in [7, 11) is 0. The fourth-order valence-corrected chi connectivity index (χ4v) is 2.76. The van der Waals surface area contributed by atoms with Crippen molar-refractivity contribution in [2.75, 3.05) is 13.1 Å². The quantitative estimate of drug-likeness (QED) is 0.862. The third kappa shape index (κ3) is 3.28. The number of hydrogen-bond acceptors (Lipinski definition) is 2. The van der Waals surface area contributed by atoms with Crippen molar-refractivity contribution in [1.29, 1.82) is 0 Å². The van der Waals surface area contributed by atoms with E-state index in [2.05, 4.69) is 15.9 Å². The zero-order chi connectivity index (χ0) is 14.7. The maximum Gasteiger partial charge on any atom is 0.308 e. The molecular weight excluding hydrogens is 322 g/mol. The van der Waals surface area contributed by atoms with Gasteiger partial charge in [-0.25, -0.2) is 0 Å². The number of carboxylic acids is 1. The van der Waals surface area contributed by atoms with E-state index in [9.17, 15) is 9.59 Å². The summed E-state index contributed by atoms with van der Waals surface area (Å²) in [5.74, 6) is -1.44. The van der Waals surface area contributed by atoms with Crippen LogP contribution in [0.5, 0.6) is 0 Å². The number of carboxylic acid groups (broad SMARTS) is 1. The molecule has 0 aliphatic carbocycles. The maximum absolute atomic E-state index is 12.1. The van der Waals surface area contributed by atoms with Crippen molar-refractivity contribution in [2.24, 2.45) is 11.8 Å². The number of carbonyl (C=O) groups excluding carboxylic acids is 1. The molecule has 0 radical (unpaired) electrons. The lowest BCUT2D eigenvalue weighted by molar-refractivity contribution is -0.142.